The summed E-state index contributed by atoms with van der Waals surface area (Å²) in [6.45, 7) is 2.92. The summed E-state index contributed by atoms with van der Waals surface area (Å²) >= 11 is 0. The fourth-order valence-corrected chi connectivity index (χ4v) is 2.72. The number of nitrogens with zero attached hydrogens (tertiary/aromatic N) is 1. The van der Waals surface area contributed by atoms with E-state index in [4.69, 9.17) is 4.74 Å². The maximum atomic E-state index is 13.2. The molecule has 2 aromatic rings. The van der Waals surface area contributed by atoms with Crippen LogP contribution in [0, 0.1) is 5.82 Å². The van der Waals surface area contributed by atoms with E-state index in [1.807, 2.05) is 6.07 Å². The Morgan fingerprint density at radius 3 is 2.77 bits per heavy atom. The molecule has 0 bridgehead atoms. The van der Waals surface area contributed by atoms with Gasteiger partial charge in [-0.3, -0.25) is 4.79 Å². The summed E-state index contributed by atoms with van der Waals surface area (Å²) in [5, 5.41) is 5.53. The molecule has 1 unspecified atom stereocenters. The van der Waals surface area contributed by atoms with E-state index in [0.717, 1.165) is 5.56 Å². The highest BCUT2D eigenvalue weighted by Gasteiger charge is 2.28. The summed E-state index contributed by atoms with van der Waals surface area (Å²) in [7, 11) is 0. The summed E-state index contributed by atoms with van der Waals surface area (Å²) in [4.78, 5) is 25.5. The van der Waals surface area contributed by atoms with Crippen LogP contribution in [0.15, 0.2) is 48.5 Å². The molecule has 1 heterocycles. The SMILES string of the molecule is CC1C(=O)NCCN1C(=O)NCc1cccc(Oc2cccc(F)c2)c1. The van der Waals surface area contributed by atoms with E-state index in [0.29, 0.717) is 31.1 Å². The molecule has 1 atom stereocenters. The van der Waals surface area contributed by atoms with Crippen LogP contribution >= 0.6 is 0 Å². The van der Waals surface area contributed by atoms with Crippen LogP contribution in [-0.2, 0) is 11.3 Å². The molecule has 2 N–H and O–H groups in total. The zero-order chi connectivity index (χ0) is 18.5. The Hall–Kier alpha value is -3.09. The third kappa shape index (κ3) is 4.30. The average molecular weight is 357 g/mol. The highest BCUT2D eigenvalue weighted by Crippen LogP contribution is 2.22. The van der Waals surface area contributed by atoms with E-state index >= 15 is 0 Å². The molecule has 0 aliphatic carbocycles. The first kappa shape index (κ1) is 17.7. The number of benzene rings is 2. The van der Waals surface area contributed by atoms with Gasteiger partial charge in [0.05, 0.1) is 0 Å². The first-order valence-corrected chi connectivity index (χ1v) is 8.37. The van der Waals surface area contributed by atoms with Gasteiger partial charge in [-0.25, -0.2) is 9.18 Å². The summed E-state index contributed by atoms with van der Waals surface area (Å²) in [5.41, 5.74) is 0.835. The van der Waals surface area contributed by atoms with E-state index in [1.54, 1.807) is 37.3 Å². The van der Waals surface area contributed by atoms with Crippen LogP contribution in [-0.4, -0.2) is 36.0 Å². The quantitative estimate of drug-likeness (QED) is 0.884. The second-order valence-electron chi connectivity index (χ2n) is 6.03. The fraction of sp³-hybridized carbons (Fsp3) is 0.263. The first-order valence-electron chi connectivity index (χ1n) is 8.37. The number of piperazine rings is 1. The minimum Gasteiger partial charge on any atom is -0.457 e. The predicted octanol–water partition coefficient (Wildman–Crippen LogP) is 2.65. The molecule has 0 radical (unpaired) electrons. The summed E-state index contributed by atoms with van der Waals surface area (Å²) < 4.78 is 18.9. The summed E-state index contributed by atoms with van der Waals surface area (Å²) in [5.74, 6) is 0.426. The van der Waals surface area contributed by atoms with Crippen LogP contribution in [0.2, 0.25) is 0 Å². The van der Waals surface area contributed by atoms with Gasteiger partial charge in [0.2, 0.25) is 5.91 Å². The molecule has 1 fully saturated rings. The molecule has 2 aromatic carbocycles. The first-order chi connectivity index (χ1) is 12.5. The van der Waals surface area contributed by atoms with E-state index in [-0.39, 0.29) is 17.8 Å². The van der Waals surface area contributed by atoms with Crippen molar-refractivity contribution in [1.82, 2.24) is 15.5 Å². The molecule has 7 heteroatoms. The second-order valence-corrected chi connectivity index (χ2v) is 6.03. The van der Waals surface area contributed by atoms with Crippen molar-refractivity contribution in [2.75, 3.05) is 13.1 Å². The van der Waals surface area contributed by atoms with Crippen molar-refractivity contribution in [2.45, 2.75) is 19.5 Å². The molecule has 26 heavy (non-hydrogen) atoms. The van der Waals surface area contributed by atoms with E-state index in [1.165, 1.54) is 17.0 Å². The van der Waals surface area contributed by atoms with Crippen LogP contribution < -0.4 is 15.4 Å². The van der Waals surface area contributed by atoms with Gasteiger partial charge in [0, 0.05) is 25.7 Å². The number of urea groups is 1. The molecular weight excluding hydrogens is 337 g/mol. The van der Waals surface area contributed by atoms with Crippen molar-refractivity contribution in [2.24, 2.45) is 0 Å². The lowest BCUT2D eigenvalue weighted by Crippen LogP contribution is -2.58. The van der Waals surface area contributed by atoms with Gasteiger partial charge in [0.1, 0.15) is 23.4 Å². The Morgan fingerprint density at radius 1 is 1.27 bits per heavy atom. The predicted molar refractivity (Wildman–Crippen MR) is 94.3 cm³/mol. The third-order valence-corrected chi connectivity index (χ3v) is 4.13. The minimum absolute atomic E-state index is 0.156. The number of hydrogen-bond donors (Lipinski definition) is 2. The zero-order valence-corrected chi connectivity index (χ0v) is 14.4. The monoisotopic (exact) mass is 357 g/mol. The molecule has 136 valence electrons. The standard InChI is InChI=1S/C19H20FN3O3/c1-13-18(24)21-8-9-23(13)19(25)22-12-14-4-2-6-16(10-14)26-17-7-3-5-15(20)11-17/h2-7,10-11,13H,8-9,12H2,1H3,(H,21,24)(H,22,25). The molecule has 0 spiro atoms. The van der Waals surface area contributed by atoms with Crippen molar-refractivity contribution in [3.05, 3.63) is 59.9 Å². The number of amides is 3. The Balaban J connectivity index is 1.60. The number of hydrogen-bond acceptors (Lipinski definition) is 3. The number of carbonyl (C=O) groups is 2. The van der Waals surface area contributed by atoms with Crippen LogP contribution in [0.4, 0.5) is 9.18 Å². The highest BCUT2D eigenvalue weighted by molar-refractivity contribution is 5.87. The van der Waals surface area contributed by atoms with Gasteiger partial charge < -0.3 is 20.3 Å². The van der Waals surface area contributed by atoms with Crippen LogP contribution in [0.5, 0.6) is 11.5 Å². The Labute approximate surface area is 150 Å². The average Bonchev–Trinajstić information content (AvgIpc) is 2.62. The Morgan fingerprint density at radius 2 is 2.00 bits per heavy atom. The van der Waals surface area contributed by atoms with Gasteiger partial charge in [-0.15, -0.1) is 0 Å². The van der Waals surface area contributed by atoms with E-state index < -0.39 is 6.04 Å². The fourth-order valence-electron chi connectivity index (χ4n) is 2.72. The van der Waals surface area contributed by atoms with Crippen molar-refractivity contribution in [1.29, 1.82) is 0 Å². The van der Waals surface area contributed by atoms with E-state index in [9.17, 15) is 14.0 Å². The summed E-state index contributed by atoms with van der Waals surface area (Å²) in [6.07, 6.45) is 0. The van der Waals surface area contributed by atoms with Gasteiger partial charge in [-0.2, -0.15) is 0 Å². The van der Waals surface area contributed by atoms with E-state index in [2.05, 4.69) is 10.6 Å². The molecule has 0 aromatic heterocycles. The third-order valence-electron chi connectivity index (χ3n) is 4.13. The molecular formula is C19H20FN3O3. The molecule has 3 amide bonds. The number of ether oxygens (including phenoxy) is 1. The molecule has 1 aliphatic rings. The number of rotatable bonds is 4. The summed E-state index contributed by atoms with van der Waals surface area (Å²) in [6, 6.07) is 12.3. The van der Waals surface area contributed by atoms with Gasteiger partial charge in [0.25, 0.3) is 0 Å². The topological polar surface area (TPSA) is 70.7 Å². The van der Waals surface area contributed by atoms with Gasteiger partial charge in [-0.05, 0) is 36.8 Å². The number of carbonyl (C=O) groups excluding carboxylic acids is 2. The smallest absolute Gasteiger partial charge is 0.318 e. The number of nitrogens with one attached hydrogen (secondary N) is 2. The molecule has 6 nitrogen and oxygen atoms in total. The van der Waals surface area contributed by atoms with Gasteiger partial charge in [-0.1, -0.05) is 18.2 Å². The minimum atomic E-state index is -0.494. The molecule has 3 rings (SSSR count). The zero-order valence-electron chi connectivity index (χ0n) is 14.4. The molecule has 1 saturated heterocycles. The van der Waals surface area contributed by atoms with Crippen LogP contribution in [0.1, 0.15) is 12.5 Å². The Bertz CT molecular complexity index is 812. The Kier molecular flexibility index (Phi) is 5.36. The van der Waals surface area contributed by atoms with Crippen LogP contribution in [0.3, 0.4) is 0 Å². The number of halogens is 1. The maximum absolute atomic E-state index is 13.2. The largest absolute Gasteiger partial charge is 0.457 e. The van der Waals surface area contributed by atoms with Crippen molar-refractivity contribution in [3.63, 3.8) is 0 Å². The van der Waals surface area contributed by atoms with Crippen molar-refractivity contribution < 1.29 is 18.7 Å². The van der Waals surface area contributed by atoms with Gasteiger partial charge in [0.15, 0.2) is 0 Å². The molecule has 0 saturated carbocycles. The van der Waals surface area contributed by atoms with Crippen molar-refractivity contribution >= 4 is 11.9 Å². The lowest BCUT2D eigenvalue weighted by Gasteiger charge is -2.32. The van der Waals surface area contributed by atoms with Gasteiger partial charge >= 0.3 is 6.03 Å². The lowest BCUT2D eigenvalue weighted by atomic mass is 10.2. The molecule has 1 aliphatic heterocycles. The highest BCUT2D eigenvalue weighted by atomic mass is 19.1. The normalized spacial score (nSPS) is 16.8. The maximum Gasteiger partial charge on any atom is 0.318 e. The second kappa shape index (κ2) is 7.86. The lowest BCUT2D eigenvalue weighted by molar-refractivity contribution is -0.126. The van der Waals surface area contributed by atoms with Crippen molar-refractivity contribution in [3.8, 4) is 11.5 Å². The van der Waals surface area contributed by atoms with Crippen LogP contribution in [0.25, 0.3) is 0 Å².